The monoisotopic (exact) mass is 384 g/mol. The van der Waals surface area contributed by atoms with E-state index < -0.39 is 0 Å². The Labute approximate surface area is 131 Å². The zero-order valence-corrected chi connectivity index (χ0v) is 14.4. The van der Waals surface area contributed by atoms with Crippen molar-refractivity contribution in [2.45, 2.75) is 18.8 Å². The molecule has 0 N–H and O–H groups in total. The van der Waals surface area contributed by atoms with E-state index in [1.807, 2.05) is 17.9 Å². The van der Waals surface area contributed by atoms with Gasteiger partial charge in [-0.2, -0.15) is 5.10 Å². The number of hydrogen-bond donors (Lipinski definition) is 0. The van der Waals surface area contributed by atoms with Crippen LogP contribution in [0.2, 0.25) is 0 Å². The maximum absolute atomic E-state index is 4.27. The van der Waals surface area contributed by atoms with Gasteiger partial charge in [-0.05, 0) is 24.5 Å². The molecule has 4 heteroatoms. The first-order chi connectivity index (χ1) is 9.09. The fourth-order valence-electron chi connectivity index (χ4n) is 2.32. The van der Waals surface area contributed by atoms with Gasteiger partial charge in [0, 0.05) is 29.3 Å². The summed E-state index contributed by atoms with van der Waals surface area (Å²) in [4.78, 5) is 0. The number of nitrogens with zero attached hydrogens (tertiary/aromatic N) is 2. The molecule has 0 aliphatic heterocycles. The maximum Gasteiger partial charge on any atom is 0.0521 e. The fraction of sp³-hybridized carbons (Fsp3) is 0.400. The molecule has 102 valence electrons. The number of hydrogen-bond acceptors (Lipinski definition) is 1. The van der Waals surface area contributed by atoms with Gasteiger partial charge in [-0.25, -0.2) is 0 Å². The molecule has 2 nitrogen and oxygen atoms in total. The summed E-state index contributed by atoms with van der Waals surface area (Å²) in [5, 5.41) is 6.11. The van der Waals surface area contributed by atoms with Crippen molar-refractivity contribution in [3.05, 3.63) is 53.3 Å². The Kier molecular flexibility index (Phi) is 4.85. The zero-order valence-electron chi connectivity index (χ0n) is 11.2. The van der Waals surface area contributed by atoms with Crippen LogP contribution in [-0.2, 0) is 18.9 Å². The van der Waals surface area contributed by atoms with Gasteiger partial charge in [0.25, 0.3) is 0 Å². The minimum Gasteiger partial charge on any atom is -0.276 e. The Morgan fingerprint density at radius 1 is 1.26 bits per heavy atom. The first-order valence-corrected chi connectivity index (χ1v) is 8.50. The van der Waals surface area contributed by atoms with Crippen molar-refractivity contribution in [3.8, 4) is 0 Å². The Balaban J connectivity index is 2.37. The normalized spacial score (nSPS) is 11.8. The van der Waals surface area contributed by atoms with Crippen LogP contribution >= 0.6 is 31.9 Å². The van der Waals surface area contributed by atoms with Crippen LogP contribution in [0.3, 0.4) is 0 Å². The molecule has 0 aliphatic carbocycles. The van der Waals surface area contributed by atoms with E-state index in [1.54, 1.807) is 0 Å². The molecule has 0 bridgehead atoms. The van der Waals surface area contributed by atoms with E-state index >= 15 is 0 Å². The Morgan fingerprint density at radius 3 is 2.53 bits per heavy atom. The molecule has 19 heavy (non-hydrogen) atoms. The molecule has 0 saturated heterocycles. The highest BCUT2D eigenvalue weighted by atomic mass is 79.9. The molecule has 1 heterocycles. The molecule has 0 radical (unpaired) electrons. The number of halogens is 2. The van der Waals surface area contributed by atoms with Gasteiger partial charge in [-0.3, -0.25) is 4.68 Å². The van der Waals surface area contributed by atoms with Crippen molar-refractivity contribution < 1.29 is 0 Å². The summed E-state index contributed by atoms with van der Waals surface area (Å²) >= 11 is 7.40. The Bertz CT molecular complexity index is 545. The molecule has 0 saturated carbocycles. The number of benzene rings is 1. The summed E-state index contributed by atoms with van der Waals surface area (Å²) in [6, 6.07) is 8.76. The summed E-state index contributed by atoms with van der Waals surface area (Å²) in [7, 11) is 1.96. The average molecular weight is 386 g/mol. The van der Waals surface area contributed by atoms with Gasteiger partial charge >= 0.3 is 0 Å². The third-order valence-corrected chi connectivity index (χ3v) is 5.59. The number of alkyl halides is 2. The van der Waals surface area contributed by atoms with E-state index in [-0.39, 0.29) is 5.41 Å². The van der Waals surface area contributed by atoms with E-state index in [2.05, 4.69) is 74.3 Å². The van der Waals surface area contributed by atoms with Crippen molar-refractivity contribution in [1.82, 2.24) is 9.78 Å². The van der Waals surface area contributed by atoms with E-state index in [9.17, 15) is 0 Å². The van der Waals surface area contributed by atoms with Gasteiger partial charge in [0.2, 0.25) is 0 Å². The van der Waals surface area contributed by atoms with Gasteiger partial charge in [0.15, 0.2) is 0 Å². The zero-order chi connectivity index (χ0) is 13.9. The van der Waals surface area contributed by atoms with Crippen molar-refractivity contribution in [1.29, 1.82) is 0 Å². The van der Waals surface area contributed by atoms with Gasteiger partial charge in [0.05, 0.1) is 6.20 Å². The first-order valence-electron chi connectivity index (χ1n) is 6.26. The lowest BCUT2D eigenvalue weighted by Crippen LogP contribution is -2.32. The highest BCUT2D eigenvalue weighted by Crippen LogP contribution is 2.33. The van der Waals surface area contributed by atoms with Crippen molar-refractivity contribution in [3.63, 3.8) is 0 Å². The molecular formula is C15H18Br2N2. The SMILES string of the molecule is Cc1cccc(C(CBr)(CBr)Cc2cnn(C)c2)c1. The number of aromatic nitrogens is 2. The minimum atomic E-state index is 0.0645. The molecule has 0 amide bonds. The number of aryl methyl sites for hydroxylation is 2. The number of rotatable bonds is 5. The van der Waals surface area contributed by atoms with Crippen LogP contribution in [0.5, 0.6) is 0 Å². The van der Waals surface area contributed by atoms with Crippen LogP contribution in [0.15, 0.2) is 36.7 Å². The van der Waals surface area contributed by atoms with Crippen LogP contribution in [-0.4, -0.2) is 20.4 Å². The van der Waals surface area contributed by atoms with Crippen LogP contribution in [0.1, 0.15) is 16.7 Å². The lowest BCUT2D eigenvalue weighted by Gasteiger charge is -2.30. The predicted molar refractivity (Wildman–Crippen MR) is 87.4 cm³/mol. The molecule has 0 aliphatic rings. The van der Waals surface area contributed by atoms with Gasteiger partial charge in [0.1, 0.15) is 0 Å². The quantitative estimate of drug-likeness (QED) is 0.711. The lowest BCUT2D eigenvalue weighted by molar-refractivity contribution is 0.550. The standard InChI is InChI=1S/C15H18Br2N2/c1-12-4-3-5-14(6-12)15(10-16,11-17)7-13-8-18-19(2)9-13/h3-6,8-9H,7,10-11H2,1-2H3. The molecule has 0 fully saturated rings. The summed E-state index contributed by atoms with van der Waals surface area (Å²) in [5.74, 6) is 0. The molecule has 0 unspecified atom stereocenters. The minimum absolute atomic E-state index is 0.0645. The van der Waals surface area contributed by atoms with Gasteiger partial charge in [-0.15, -0.1) is 0 Å². The topological polar surface area (TPSA) is 17.8 Å². The van der Waals surface area contributed by atoms with Crippen molar-refractivity contribution >= 4 is 31.9 Å². The summed E-state index contributed by atoms with van der Waals surface area (Å²) in [6.07, 6.45) is 5.02. The highest BCUT2D eigenvalue weighted by molar-refractivity contribution is 9.09. The van der Waals surface area contributed by atoms with Crippen LogP contribution in [0, 0.1) is 6.92 Å². The van der Waals surface area contributed by atoms with Crippen LogP contribution in [0.25, 0.3) is 0 Å². The van der Waals surface area contributed by atoms with Crippen LogP contribution in [0.4, 0.5) is 0 Å². The molecule has 2 aromatic rings. The molecule has 2 rings (SSSR count). The second-order valence-electron chi connectivity index (χ2n) is 5.12. The van der Waals surface area contributed by atoms with E-state index in [1.165, 1.54) is 16.7 Å². The Morgan fingerprint density at radius 2 is 2.00 bits per heavy atom. The predicted octanol–water partition coefficient (Wildman–Crippen LogP) is 4.00. The van der Waals surface area contributed by atoms with Gasteiger partial charge in [-0.1, -0.05) is 61.7 Å². The smallest absolute Gasteiger partial charge is 0.0521 e. The highest BCUT2D eigenvalue weighted by Gasteiger charge is 2.31. The third-order valence-electron chi connectivity index (χ3n) is 3.44. The van der Waals surface area contributed by atoms with Crippen LogP contribution < -0.4 is 0 Å². The molecule has 1 aromatic heterocycles. The molecule has 1 aromatic carbocycles. The van der Waals surface area contributed by atoms with E-state index in [4.69, 9.17) is 0 Å². The Hall–Kier alpha value is -0.610. The summed E-state index contributed by atoms with van der Waals surface area (Å²) in [6.45, 7) is 2.14. The van der Waals surface area contributed by atoms with E-state index in [0.29, 0.717) is 0 Å². The lowest BCUT2D eigenvalue weighted by atomic mass is 9.79. The fourth-order valence-corrected chi connectivity index (χ4v) is 4.29. The van der Waals surface area contributed by atoms with E-state index in [0.717, 1.165) is 17.1 Å². The summed E-state index contributed by atoms with van der Waals surface area (Å²) < 4.78 is 1.86. The first kappa shape index (κ1) is 14.8. The van der Waals surface area contributed by atoms with Crippen molar-refractivity contribution in [2.75, 3.05) is 10.7 Å². The average Bonchev–Trinajstić information content (AvgIpc) is 2.81. The molecule has 0 spiro atoms. The largest absolute Gasteiger partial charge is 0.276 e. The summed E-state index contributed by atoms with van der Waals surface area (Å²) in [5.41, 5.74) is 4.00. The molecule has 0 atom stereocenters. The second kappa shape index (κ2) is 6.23. The maximum atomic E-state index is 4.27. The van der Waals surface area contributed by atoms with Crippen molar-refractivity contribution in [2.24, 2.45) is 7.05 Å². The third kappa shape index (κ3) is 3.29. The molecular weight excluding hydrogens is 368 g/mol. The second-order valence-corrected chi connectivity index (χ2v) is 6.24. The van der Waals surface area contributed by atoms with Gasteiger partial charge < -0.3 is 0 Å².